The third-order valence-electron chi connectivity index (χ3n) is 4.34. The van der Waals surface area contributed by atoms with Gasteiger partial charge in [0.1, 0.15) is 0 Å². The standard InChI is InChI=1S/C13H24O/c1-10(2)12-5-8-13(9-6-12)7-4-11(3)14-13/h10-12H,4-9H2,1-3H3. The maximum Gasteiger partial charge on any atom is 0.0687 e. The van der Waals surface area contributed by atoms with Crippen molar-refractivity contribution >= 4 is 0 Å². The molecule has 0 amide bonds. The Balaban J connectivity index is 1.89. The third kappa shape index (κ3) is 1.98. The molecule has 1 spiro atoms. The van der Waals surface area contributed by atoms with Crippen molar-refractivity contribution in [3.8, 4) is 0 Å². The van der Waals surface area contributed by atoms with Crippen molar-refractivity contribution in [1.29, 1.82) is 0 Å². The van der Waals surface area contributed by atoms with Crippen LogP contribution in [0.25, 0.3) is 0 Å². The Morgan fingerprint density at radius 1 is 1.07 bits per heavy atom. The van der Waals surface area contributed by atoms with E-state index >= 15 is 0 Å². The van der Waals surface area contributed by atoms with Crippen LogP contribution in [0.2, 0.25) is 0 Å². The molecule has 0 aromatic rings. The van der Waals surface area contributed by atoms with Gasteiger partial charge >= 0.3 is 0 Å². The van der Waals surface area contributed by atoms with Crippen molar-refractivity contribution in [2.24, 2.45) is 11.8 Å². The van der Waals surface area contributed by atoms with Gasteiger partial charge in [0, 0.05) is 0 Å². The zero-order valence-corrected chi connectivity index (χ0v) is 9.88. The van der Waals surface area contributed by atoms with Crippen LogP contribution in [0, 0.1) is 11.8 Å². The van der Waals surface area contributed by atoms with E-state index in [1.807, 2.05) is 0 Å². The molecule has 1 saturated carbocycles. The highest BCUT2D eigenvalue weighted by atomic mass is 16.5. The van der Waals surface area contributed by atoms with Crippen molar-refractivity contribution in [3.63, 3.8) is 0 Å². The van der Waals surface area contributed by atoms with Crippen molar-refractivity contribution in [1.82, 2.24) is 0 Å². The second kappa shape index (κ2) is 3.84. The lowest BCUT2D eigenvalue weighted by atomic mass is 9.73. The van der Waals surface area contributed by atoms with Gasteiger partial charge in [-0.15, -0.1) is 0 Å². The predicted octanol–water partition coefficient (Wildman–Crippen LogP) is 3.77. The first-order chi connectivity index (χ1) is 6.61. The Bertz CT molecular complexity index is 189. The highest BCUT2D eigenvalue weighted by Gasteiger charge is 2.41. The van der Waals surface area contributed by atoms with E-state index in [1.54, 1.807) is 0 Å². The molecule has 0 aromatic heterocycles. The van der Waals surface area contributed by atoms with Gasteiger partial charge in [0.25, 0.3) is 0 Å². The van der Waals surface area contributed by atoms with E-state index in [9.17, 15) is 0 Å². The van der Waals surface area contributed by atoms with E-state index in [1.165, 1.54) is 38.5 Å². The van der Waals surface area contributed by atoms with E-state index in [-0.39, 0.29) is 0 Å². The molecule has 0 bridgehead atoms. The summed E-state index contributed by atoms with van der Waals surface area (Å²) in [5, 5.41) is 0. The molecule has 1 nitrogen and oxygen atoms in total. The van der Waals surface area contributed by atoms with Crippen LogP contribution in [0.3, 0.4) is 0 Å². The second-order valence-electron chi connectivity index (χ2n) is 5.73. The van der Waals surface area contributed by atoms with Crippen LogP contribution >= 0.6 is 0 Å². The molecule has 1 aliphatic heterocycles. The minimum Gasteiger partial charge on any atom is -0.372 e. The Kier molecular flexibility index (Phi) is 2.88. The summed E-state index contributed by atoms with van der Waals surface area (Å²) in [5.74, 6) is 1.83. The molecular formula is C13H24O. The molecule has 82 valence electrons. The lowest BCUT2D eigenvalue weighted by molar-refractivity contribution is -0.0683. The number of hydrogen-bond donors (Lipinski definition) is 0. The van der Waals surface area contributed by atoms with Gasteiger partial charge in [0.15, 0.2) is 0 Å². The van der Waals surface area contributed by atoms with Gasteiger partial charge < -0.3 is 4.74 Å². The normalized spacial score (nSPS) is 43.7. The van der Waals surface area contributed by atoms with E-state index < -0.39 is 0 Å². The molecule has 1 heterocycles. The van der Waals surface area contributed by atoms with Crippen molar-refractivity contribution in [3.05, 3.63) is 0 Å². The SMILES string of the molecule is CC1CCC2(CCC(C(C)C)CC2)O1. The summed E-state index contributed by atoms with van der Waals surface area (Å²) in [4.78, 5) is 0. The minimum absolute atomic E-state index is 0.310. The zero-order valence-electron chi connectivity index (χ0n) is 9.88. The Hall–Kier alpha value is -0.0400. The van der Waals surface area contributed by atoms with Crippen LogP contribution in [-0.2, 0) is 4.74 Å². The summed E-state index contributed by atoms with van der Waals surface area (Å²) in [6.07, 6.45) is 8.55. The number of rotatable bonds is 1. The summed E-state index contributed by atoms with van der Waals surface area (Å²) in [6, 6.07) is 0. The Morgan fingerprint density at radius 2 is 1.64 bits per heavy atom. The first-order valence-corrected chi connectivity index (χ1v) is 6.29. The molecule has 1 atom stereocenters. The van der Waals surface area contributed by atoms with Gasteiger partial charge in [-0.2, -0.15) is 0 Å². The molecule has 2 aliphatic rings. The van der Waals surface area contributed by atoms with Crippen molar-refractivity contribution in [2.45, 2.75) is 71.0 Å². The average molecular weight is 196 g/mol. The smallest absolute Gasteiger partial charge is 0.0687 e. The van der Waals surface area contributed by atoms with Crippen LogP contribution in [0.1, 0.15) is 59.3 Å². The van der Waals surface area contributed by atoms with E-state index in [0.29, 0.717) is 11.7 Å². The summed E-state index contributed by atoms with van der Waals surface area (Å²) < 4.78 is 6.12. The molecule has 1 heteroatoms. The topological polar surface area (TPSA) is 9.23 Å². The van der Waals surface area contributed by atoms with Gasteiger partial charge in [-0.25, -0.2) is 0 Å². The predicted molar refractivity (Wildman–Crippen MR) is 59.3 cm³/mol. The van der Waals surface area contributed by atoms with Gasteiger partial charge in [-0.3, -0.25) is 0 Å². The zero-order chi connectivity index (χ0) is 10.2. The summed E-state index contributed by atoms with van der Waals surface area (Å²) in [7, 11) is 0. The van der Waals surface area contributed by atoms with Crippen LogP contribution in [-0.4, -0.2) is 11.7 Å². The molecule has 1 saturated heterocycles. The number of ether oxygens (including phenoxy) is 1. The van der Waals surface area contributed by atoms with Gasteiger partial charge in [0.05, 0.1) is 11.7 Å². The second-order valence-corrected chi connectivity index (χ2v) is 5.73. The fourth-order valence-electron chi connectivity index (χ4n) is 3.21. The average Bonchev–Trinajstić information content (AvgIpc) is 2.48. The maximum absolute atomic E-state index is 6.12. The molecule has 0 aromatic carbocycles. The molecule has 14 heavy (non-hydrogen) atoms. The molecule has 1 unspecified atom stereocenters. The maximum atomic E-state index is 6.12. The van der Waals surface area contributed by atoms with E-state index in [0.717, 1.165) is 11.8 Å². The molecule has 0 N–H and O–H groups in total. The largest absolute Gasteiger partial charge is 0.372 e. The first kappa shape index (κ1) is 10.5. The van der Waals surface area contributed by atoms with Crippen LogP contribution in [0.4, 0.5) is 0 Å². The quantitative estimate of drug-likeness (QED) is 0.620. The van der Waals surface area contributed by atoms with Gasteiger partial charge in [-0.1, -0.05) is 13.8 Å². The lowest BCUT2D eigenvalue weighted by Gasteiger charge is -2.38. The molecule has 0 radical (unpaired) electrons. The lowest BCUT2D eigenvalue weighted by Crippen LogP contribution is -2.35. The molecular weight excluding hydrogens is 172 g/mol. The third-order valence-corrected chi connectivity index (χ3v) is 4.34. The van der Waals surface area contributed by atoms with E-state index in [2.05, 4.69) is 20.8 Å². The molecule has 1 aliphatic carbocycles. The highest BCUT2D eigenvalue weighted by Crippen LogP contribution is 2.44. The fourth-order valence-corrected chi connectivity index (χ4v) is 3.21. The fraction of sp³-hybridized carbons (Fsp3) is 1.00. The summed E-state index contributed by atoms with van der Waals surface area (Å²) >= 11 is 0. The first-order valence-electron chi connectivity index (χ1n) is 6.29. The summed E-state index contributed by atoms with van der Waals surface area (Å²) in [6.45, 7) is 6.95. The van der Waals surface area contributed by atoms with Crippen molar-refractivity contribution in [2.75, 3.05) is 0 Å². The molecule has 2 rings (SSSR count). The highest BCUT2D eigenvalue weighted by molar-refractivity contribution is 4.92. The van der Waals surface area contributed by atoms with Gasteiger partial charge in [0.2, 0.25) is 0 Å². The van der Waals surface area contributed by atoms with Crippen LogP contribution in [0.5, 0.6) is 0 Å². The Morgan fingerprint density at radius 3 is 2.07 bits per heavy atom. The molecule has 2 fully saturated rings. The Labute approximate surface area is 88.2 Å². The van der Waals surface area contributed by atoms with Gasteiger partial charge in [-0.05, 0) is 57.3 Å². The van der Waals surface area contributed by atoms with E-state index in [4.69, 9.17) is 4.74 Å². The minimum atomic E-state index is 0.310. The summed E-state index contributed by atoms with van der Waals surface area (Å²) in [5.41, 5.74) is 0.310. The van der Waals surface area contributed by atoms with Crippen molar-refractivity contribution < 1.29 is 4.74 Å². The number of hydrogen-bond acceptors (Lipinski definition) is 1. The van der Waals surface area contributed by atoms with Crippen LogP contribution in [0.15, 0.2) is 0 Å². The monoisotopic (exact) mass is 196 g/mol. The van der Waals surface area contributed by atoms with Crippen LogP contribution < -0.4 is 0 Å².